The predicted molar refractivity (Wildman–Crippen MR) is 84.0 cm³/mol. The van der Waals surface area contributed by atoms with Crippen molar-refractivity contribution in [3.05, 3.63) is 63.9 Å². The van der Waals surface area contributed by atoms with Crippen molar-refractivity contribution in [2.24, 2.45) is 0 Å². The van der Waals surface area contributed by atoms with Crippen molar-refractivity contribution in [3.63, 3.8) is 0 Å². The monoisotopic (exact) mass is 401 g/mol. The molecule has 0 aromatic heterocycles. The summed E-state index contributed by atoms with van der Waals surface area (Å²) in [5, 5.41) is 2.27. The number of nitrogens with one attached hydrogen (secondary N) is 1. The number of halogens is 4. The minimum atomic E-state index is -1.27. The number of anilines is 1. The molecule has 1 atom stereocenters. The Labute approximate surface area is 143 Å². The average Bonchev–Trinajstić information content (AvgIpc) is 2.52. The molecule has 0 bridgehead atoms. The molecule has 0 fully saturated rings. The summed E-state index contributed by atoms with van der Waals surface area (Å²) in [7, 11) is 0. The van der Waals surface area contributed by atoms with E-state index in [1.54, 1.807) is 0 Å². The van der Waals surface area contributed by atoms with Gasteiger partial charge in [-0.1, -0.05) is 15.9 Å². The molecule has 0 saturated heterocycles. The van der Waals surface area contributed by atoms with Crippen molar-refractivity contribution >= 4 is 33.5 Å². The Hall–Kier alpha value is -2.35. The van der Waals surface area contributed by atoms with E-state index in [1.807, 2.05) is 0 Å². The second kappa shape index (κ2) is 7.48. The van der Waals surface area contributed by atoms with Crippen LogP contribution in [0.15, 0.2) is 40.9 Å². The van der Waals surface area contributed by atoms with Crippen LogP contribution >= 0.6 is 15.9 Å². The molecule has 126 valence electrons. The van der Waals surface area contributed by atoms with Gasteiger partial charge in [0, 0.05) is 4.47 Å². The standard InChI is InChI=1S/C16H11BrF3NO3/c1-8(15(22)21-14-5-3-10(17)7-13(14)20)24-16(23)9-2-4-11(18)12(19)6-9/h2-8H,1H3,(H,21,22). The first-order chi connectivity index (χ1) is 11.3. The molecule has 0 radical (unpaired) electrons. The number of ether oxygens (including phenoxy) is 1. The first kappa shape index (κ1) is 18.0. The van der Waals surface area contributed by atoms with Crippen LogP contribution < -0.4 is 5.32 Å². The first-order valence-corrected chi connectivity index (χ1v) is 7.49. The van der Waals surface area contributed by atoms with E-state index < -0.39 is 35.4 Å². The van der Waals surface area contributed by atoms with Crippen molar-refractivity contribution in [2.45, 2.75) is 13.0 Å². The predicted octanol–water partition coefficient (Wildman–Crippen LogP) is 4.05. The van der Waals surface area contributed by atoms with E-state index in [0.717, 1.165) is 18.2 Å². The molecule has 2 aromatic carbocycles. The summed E-state index contributed by atoms with van der Waals surface area (Å²) < 4.78 is 44.9. The van der Waals surface area contributed by atoms with Gasteiger partial charge in [0.2, 0.25) is 0 Å². The number of carbonyl (C=O) groups excluding carboxylic acids is 2. The molecule has 0 saturated carbocycles. The Bertz CT molecular complexity index is 798. The van der Waals surface area contributed by atoms with Crippen LogP contribution in [0.25, 0.3) is 0 Å². The molecular formula is C16H11BrF3NO3. The number of rotatable bonds is 4. The van der Waals surface area contributed by atoms with Gasteiger partial charge >= 0.3 is 5.97 Å². The fourth-order valence-electron chi connectivity index (χ4n) is 1.73. The van der Waals surface area contributed by atoms with Crippen LogP contribution in [0.5, 0.6) is 0 Å². The zero-order chi connectivity index (χ0) is 17.9. The molecule has 0 aliphatic heterocycles. The molecule has 4 nitrogen and oxygen atoms in total. The third-order valence-electron chi connectivity index (χ3n) is 3.00. The molecule has 1 unspecified atom stereocenters. The Morgan fingerprint density at radius 3 is 2.38 bits per heavy atom. The third-order valence-corrected chi connectivity index (χ3v) is 3.49. The highest BCUT2D eigenvalue weighted by molar-refractivity contribution is 9.10. The van der Waals surface area contributed by atoms with Gasteiger partial charge < -0.3 is 10.1 Å². The van der Waals surface area contributed by atoms with Crippen molar-refractivity contribution in [2.75, 3.05) is 5.32 Å². The lowest BCUT2D eigenvalue weighted by molar-refractivity contribution is -0.123. The summed E-state index contributed by atoms with van der Waals surface area (Å²) in [6, 6.07) is 6.48. The zero-order valence-electron chi connectivity index (χ0n) is 12.3. The van der Waals surface area contributed by atoms with Gasteiger partial charge in [0.15, 0.2) is 17.7 Å². The Balaban J connectivity index is 2.02. The van der Waals surface area contributed by atoms with E-state index in [-0.39, 0.29) is 11.3 Å². The maximum atomic E-state index is 13.7. The summed E-state index contributed by atoms with van der Waals surface area (Å²) in [4.78, 5) is 23.8. The largest absolute Gasteiger partial charge is 0.449 e. The van der Waals surface area contributed by atoms with Gasteiger partial charge in [-0.2, -0.15) is 0 Å². The highest BCUT2D eigenvalue weighted by Crippen LogP contribution is 2.20. The van der Waals surface area contributed by atoms with Crippen LogP contribution in [0.4, 0.5) is 18.9 Å². The van der Waals surface area contributed by atoms with Crippen LogP contribution in [0.1, 0.15) is 17.3 Å². The van der Waals surface area contributed by atoms with Crippen LogP contribution in [0.3, 0.4) is 0 Å². The van der Waals surface area contributed by atoms with Crippen molar-refractivity contribution in [1.82, 2.24) is 0 Å². The molecule has 1 amide bonds. The lowest BCUT2D eigenvalue weighted by atomic mass is 10.2. The lowest BCUT2D eigenvalue weighted by Crippen LogP contribution is -2.30. The second-order valence-electron chi connectivity index (χ2n) is 4.79. The topological polar surface area (TPSA) is 55.4 Å². The third kappa shape index (κ3) is 4.35. The van der Waals surface area contributed by atoms with Gasteiger partial charge in [0.25, 0.3) is 5.91 Å². The number of esters is 1. The van der Waals surface area contributed by atoms with Crippen LogP contribution in [-0.4, -0.2) is 18.0 Å². The Kier molecular flexibility index (Phi) is 5.61. The van der Waals surface area contributed by atoms with E-state index in [0.29, 0.717) is 10.5 Å². The lowest BCUT2D eigenvalue weighted by Gasteiger charge is -2.14. The molecule has 1 N–H and O–H groups in total. The number of hydrogen-bond acceptors (Lipinski definition) is 3. The zero-order valence-corrected chi connectivity index (χ0v) is 13.9. The number of benzene rings is 2. The summed E-state index contributed by atoms with van der Waals surface area (Å²) in [6.07, 6.45) is -1.27. The SMILES string of the molecule is CC(OC(=O)c1ccc(F)c(F)c1)C(=O)Nc1ccc(Br)cc1F. The maximum Gasteiger partial charge on any atom is 0.339 e. The van der Waals surface area contributed by atoms with Gasteiger partial charge in [-0.05, 0) is 43.3 Å². The number of carbonyl (C=O) groups is 2. The fourth-order valence-corrected chi connectivity index (χ4v) is 2.06. The van der Waals surface area contributed by atoms with Crippen molar-refractivity contribution < 1.29 is 27.5 Å². The summed E-state index contributed by atoms with van der Waals surface area (Å²) >= 11 is 3.08. The highest BCUT2D eigenvalue weighted by Gasteiger charge is 2.21. The summed E-state index contributed by atoms with van der Waals surface area (Å²) in [5.41, 5.74) is -0.331. The normalized spacial score (nSPS) is 11.7. The van der Waals surface area contributed by atoms with E-state index in [1.165, 1.54) is 19.1 Å². The molecule has 2 rings (SSSR count). The van der Waals surface area contributed by atoms with E-state index in [9.17, 15) is 22.8 Å². The number of hydrogen-bond donors (Lipinski definition) is 1. The molecule has 8 heteroatoms. The first-order valence-electron chi connectivity index (χ1n) is 6.70. The van der Waals surface area contributed by atoms with Crippen molar-refractivity contribution in [3.8, 4) is 0 Å². The molecule has 0 aliphatic rings. The quantitative estimate of drug-likeness (QED) is 0.786. The number of amides is 1. The van der Waals surface area contributed by atoms with E-state index >= 15 is 0 Å². The van der Waals surface area contributed by atoms with E-state index in [2.05, 4.69) is 21.2 Å². The van der Waals surface area contributed by atoms with Crippen LogP contribution in [-0.2, 0) is 9.53 Å². The van der Waals surface area contributed by atoms with Crippen LogP contribution in [0.2, 0.25) is 0 Å². The molecule has 0 aliphatic carbocycles. The van der Waals surface area contributed by atoms with E-state index in [4.69, 9.17) is 4.74 Å². The maximum absolute atomic E-state index is 13.7. The summed E-state index contributed by atoms with van der Waals surface area (Å²) in [5.74, 6) is -4.77. The van der Waals surface area contributed by atoms with Crippen molar-refractivity contribution in [1.29, 1.82) is 0 Å². The Morgan fingerprint density at radius 2 is 1.75 bits per heavy atom. The molecule has 2 aromatic rings. The summed E-state index contributed by atoms with van der Waals surface area (Å²) in [6.45, 7) is 1.27. The molecular weight excluding hydrogens is 391 g/mol. The Morgan fingerprint density at radius 1 is 1.04 bits per heavy atom. The molecule has 0 spiro atoms. The molecule has 0 heterocycles. The molecule has 24 heavy (non-hydrogen) atoms. The minimum Gasteiger partial charge on any atom is -0.449 e. The minimum absolute atomic E-state index is 0.0843. The average molecular weight is 402 g/mol. The van der Waals surface area contributed by atoms with Gasteiger partial charge in [0.05, 0.1) is 11.3 Å². The van der Waals surface area contributed by atoms with Crippen LogP contribution in [0, 0.1) is 17.5 Å². The van der Waals surface area contributed by atoms with Gasteiger partial charge in [0.1, 0.15) is 5.82 Å². The fraction of sp³-hybridized carbons (Fsp3) is 0.125. The van der Waals surface area contributed by atoms with Gasteiger partial charge in [-0.25, -0.2) is 18.0 Å². The van der Waals surface area contributed by atoms with Gasteiger partial charge in [-0.3, -0.25) is 4.79 Å². The van der Waals surface area contributed by atoms with Gasteiger partial charge in [-0.15, -0.1) is 0 Å². The highest BCUT2D eigenvalue weighted by atomic mass is 79.9. The smallest absolute Gasteiger partial charge is 0.339 e. The second-order valence-corrected chi connectivity index (χ2v) is 5.71.